The molecule has 2 aliphatic rings. The molecule has 3 heterocycles. The Hall–Kier alpha value is -3.94. The molecule has 0 bridgehead atoms. The lowest BCUT2D eigenvalue weighted by molar-refractivity contribution is -0.114. The zero-order valence-corrected chi connectivity index (χ0v) is 21.2. The number of fused-ring (bicyclic) bond motifs is 1. The second kappa shape index (κ2) is 10.2. The van der Waals surface area contributed by atoms with E-state index in [0.29, 0.717) is 18.0 Å². The summed E-state index contributed by atoms with van der Waals surface area (Å²) in [6, 6.07) is 16.9. The molecule has 6 rings (SSSR count). The molecule has 8 heteroatoms. The van der Waals surface area contributed by atoms with E-state index in [1.54, 1.807) is 0 Å². The van der Waals surface area contributed by atoms with Crippen LogP contribution in [-0.4, -0.2) is 37.6 Å². The van der Waals surface area contributed by atoms with Crippen molar-refractivity contribution < 1.29 is 4.79 Å². The number of hydrogen-bond donors (Lipinski definition) is 3. The van der Waals surface area contributed by atoms with Crippen LogP contribution in [-0.2, 0) is 4.79 Å². The summed E-state index contributed by atoms with van der Waals surface area (Å²) in [5.41, 5.74) is 5.23. The van der Waals surface area contributed by atoms with Gasteiger partial charge in [0, 0.05) is 36.5 Å². The van der Waals surface area contributed by atoms with E-state index < -0.39 is 0 Å². The van der Waals surface area contributed by atoms with Gasteiger partial charge in [0.25, 0.3) is 0 Å². The molecular weight excluding hydrogens is 462 g/mol. The number of hydrogen-bond acceptors (Lipinski definition) is 6. The van der Waals surface area contributed by atoms with Crippen molar-refractivity contribution in [2.24, 2.45) is 0 Å². The monoisotopic (exact) mass is 495 g/mol. The Labute approximate surface area is 216 Å². The standard InChI is InChI=1S/C29H33N7O/c1-19(37)31-23-13-6-8-20(18-23)28-27(24-16-17-30-29(34-24)33-22-11-4-5-12-22)25-14-7-15-26(36(25)35-28)32-21-9-2-3-10-21/h6-8,13-18,21-22,32H,2-5,9-12H2,1H3,(H,31,37)(H,30,33,34). The number of nitrogens with one attached hydrogen (secondary N) is 3. The zero-order chi connectivity index (χ0) is 25.2. The van der Waals surface area contributed by atoms with Crippen LogP contribution in [0.2, 0.25) is 0 Å². The maximum Gasteiger partial charge on any atom is 0.223 e. The maximum absolute atomic E-state index is 11.7. The topological polar surface area (TPSA) is 96.2 Å². The highest BCUT2D eigenvalue weighted by atomic mass is 16.1. The van der Waals surface area contributed by atoms with E-state index in [2.05, 4.69) is 39.1 Å². The molecule has 3 aromatic heterocycles. The number of nitrogens with zero attached hydrogens (tertiary/aromatic N) is 4. The van der Waals surface area contributed by atoms with E-state index in [1.807, 2.05) is 41.0 Å². The van der Waals surface area contributed by atoms with E-state index in [4.69, 9.17) is 10.1 Å². The predicted molar refractivity (Wildman–Crippen MR) is 148 cm³/mol. The van der Waals surface area contributed by atoms with Crippen molar-refractivity contribution in [2.45, 2.75) is 70.4 Å². The molecule has 0 atom stereocenters. The molecule has 0 spiro atoms. The summed E-state index contributed by atoms with van der Waals surface area (Å²) in [4.78, 5) is 21.2. The average molecular weight is 496 g/mol. The number of rotatable bonds is 7. The summed E-state index contributed by atoms with van der Waals surface area (Å²) in [6.07, 6.45) is 11.5. The Bertz CT molecular complexity index is 1420. The van der Waals surface area contributed by atoms with Crippen molar-refractivity contribution in [2.75, 3.05) is 16.0 Å². The SMILES string of the molecule is CC(=O)Nc1cccc(-c2nn3c(NC4CCCC4)cccc3c2-c2ccnc(NC3CCCC3)n2)c1. The van der Waals surface area contributed by atoms with Crippen LogP contribution in [0.15, 0.2) is 54.7 Å². The van der Waals surface area contributed by atoms with Gasteiger partial charge in [0.15, 0.2) is 0 Å². The van der Waals surface area contributed by atoms with Crippen LogP contribution in [0.5, 0.6) is 0 Å². The number of benzene rings is 1. The van der Waals surface area contributed by atoms with Gasteiger partial charge >= 0.3 is 0 Å². The molecule has 1 amide bonds. The van der Waals surface area contributed by atoms with Crippen LogP contribution < -0.4 is 16.0 Å². The molecule has 190 valence electrons. The van der Waals surface area contributed by atoms with Gasteiger partial charge in [-0.1, -0.05) is 43.9 Å². The molecule has 1 aromatic carbocycles. The van der Waals surface area contributed by atoms with Crippen LogP contribution in [0, 0.1) is 0 Å². The third-order valence-corrected chi connectivity index (χ3v) is 7.42. The second-order valence-corrected chi connectivity index (χ2v) is 10.2. The first-order valence-corrected chi connectivity index (χ1v) is 13.4. The van der Waals surface area contributed by atoms with Gasteiger partial charge in [0.05, 0.1) is 16.8 Å². The van der Waals surface area contributed by atoms with E-state index >= 15 is 0 Å². The van der Waals surface area contributed by atoms with E-state index in [1.165, 1.54) is 45.4 Å². The Kier molecular flexibility index (Phi) is 6.47. The molecule has 0 radical (unpaired) electrons. The minimum atomic E-state index is -0.103. The molecule has 2 aliphatic carbocycles. The minimum Gasteiger partial charge on any atom is -0.367 e. The van der Waals surface area contributed by atoms with Crippen LogP contribution >= 0.6 is 0 Å². The minimum absolute atomic E-state index is 0.103. The Balaban J connectivity index is 1.48. The fraction of sp³-hybridized carbons (Fsp3) is 0.379. The fourth-order valence-electron chi connectivity index (χ4n) is 5.68. The molecular formula is C29H33N7O. The van der Waals surface area contributed by atoms with Crippen molar-refractivity contribution in [1.82, 2.24) is 19.6 Å². The van der Waals surface area contributed by atoms with E-state index in [0.717, 1.165) is 52.4 Å². The molecule has 0 saturated heterocycles. The smallest absolute Gasteiger partial charge is 0.223 e. The first-order chi connectivity index (χ1) is 18.1. The molecule has 0 aliphatic heterocycles. The van der Waals surface area contributed by atoms with Gasteiger partial charge in [-0.2, -0.15) is 5.10 Å². The highest BCUT2D eigenvalue weighted by Gasteiger charge is 2.22. The van der Waals surface area contributed by atoms with E-state index in [-0.39, 0.29) is 5.91 Å². The van der Waals surface area contributed by atoms with Gasteiger partial charge in [-0.05, 0) is 56.0 Å². The van der Waals surface area contributed by atoms with Gasteiger partial charge in [0.1, 0.15) is 11.5 Å². The van der Waals surface area contributed by atoms with E-state index in [9.17, 15) is 4.79 Å². The fourth-order valence-corrected chi connectivity index (χ4v) is 5.68. The summed E-state index contributed by atoms with van der Waals surface area (Å²) >= 11 is 0. The summed E-state index contributed by atoms with van der Waals surface area (Å²) < 4.78 is 2.00. The number of pyridine rings is 1. The lowest BCUT2D eigenvalue weighted by atomic mass is 10.0. The van der Waals surface area contributed by atoms with Crippen LogP contribution in [0.1, 0.15) is 58.3 Å². The van der Waals surface area contributed by atoms with Gasteiger partial charge in [-0.3, -0.25) is 4.79 Å². The number of carbonyl (C=O) groups excluding carboxylic acids is 1. The summed E-state index contributed by atoms with van der Waals surface area (Å²) in [6.45, 7) is 1.52. The van der Waals surface area contributed by atoms with Gasteiger partial charge in [0.2, 0.25) is 11.9 Å². The third-order valence-electron chi connectivity index (χ3n) is 7.42. The van der Waals surface area contributed by atoms with Crippen molar-refractivity contribution in [1.29, 1.82) is 0 Å². The Morgan fingerprint density at radius 3 is 2.41 bits per heavy atom. The maximum atomic E-state index is 11.7. The van der Waals surface area contributed by atoms with Crippen molar-refractivity contribution in [3.63, 3.8) is 0 Å². The molecule has 0 unspecified atom stereocenters. The Morgan fingerprint density at radius 1 is 0.919 bits per heavy atom. The molecule has 3 N–H and O–H groups in total. The third kappa shape index (κ3) is 5.01. The normalized spacial score (nSPS) is 16.4. The second-order valence-electron chi connectivity index (χ2n) is 10.2. The summed E-state index contributed by atoms with van der Waals surface area (Å²) in [5.74, 6) is 1.53. The molecule has 2 saturated carbocycles. The number of carbonyl (C=O) groups is 1. The molecule has 37 heavy (non-hydrogen) atoms. The van der Waals surface area contributed by atoms with Crippen LogP contribution in [0.4, 0.5) is 17.5 Å². The first kappa shape index (κ1) is 23.5. The van der Waals surface area contributed by atoms with Crippen LogP contribution in [0.3, 0.4) is 0 Å². The highest BCUT2D eigenvalue weighted by Crippen LogP contribution is 2.37. The lowest BCUT2D eigenvalue weighted by Crippen LogP contribution is -2.17. The number of aromatic nitrogens is 4. The van der Waals surface area contributed by atoms with Crippen molar-refractivity contribution >= 4 is 28.9 Å². The zero-order valence-electron chi connectivity index (χ0n) is 21.2. The predicted octanol–water partition coefficient (Wildman–Crippen LogP) is 6.13. The van der Waals surface area contributed by atoms with Gasteiger partial charge < -0.3 is 16.0 Å². The van der Waals surface area contributed by atoms with Crippen molar-refractivity contribution in [3.05, 3.63) is 54.7 Å². The molecule has 2 fully saturated rings. The highest BCUT2D eigenvalue weighted by molar-refractivity contribution is 5.94. The first-order valence-electron chi connectivity index (χ1n) is 13.4. The summed E-state index contributed by atoms with van der Waals surface area (Å²) in [5, 5.41) is 15.3. The average Bonchev–Trinajstić information content (AvgIpc) is 3.66. The molecule has 8 nitrogen and oxygen atoms in total. The van der Waals surface area contributed by atoms with Gasteiger partial charge in [-0.15, -0.1) is 0 Å². The quantitative estimate of drug-likeness (QED) is 0.286. The van der Waals surface area contributed by atoms with Gasteiger partial charge in [-0.25, -0.2) is 14.5 Å². The lowest BCUT2D eigenvalue weighted by Gasteiger charge is -2.14. The van der Waals surface area contributed by atoms with Crippen molar-refractivity contribution in [3.8, 4) is 22.5 Å². The van der Waals surface area contributed by atoms with Crippen LogP contribution in [0.25, 0.3) is 28.0 Å². The largest absolute Gasteiger partial charge is 0.367 e. The number of amides is 1. The summed E-state index contributed by atoms with van der Waals surface area (Å²) in [7, 11) is 0. The Morgan fingerprint density at radius 2 is 1.65 bits per heavy atom. The molecule has 4 aromatic rings. The number of anilines is 3.